The molecule has 0 saturated carbocycles. The number of hydrogen-bond donors (Lipinski definition) is 1. The van der Waals surface area contributed by atoms with E-state index in [1.165, 1.54) is 22.3 Å². The number of amides is 2. The predicted molar refractivity (Wildman–Crippen MR) is 130 cm³/mol. The first-order chi connectivity index (χ1) is 16.3. The number of nitrogens with zero attached hydrogens (tertiary/aromatic N) is 2. The fourth-order valence-corrected chi connectivity index (χ4v) is 5.63. The summed E-state index contributed by atoms with van der Waals surface area (Å²) in [5.41, 5.74) is 1.43. The van der Waals surface area contributed by atoms with E-state index in [2.05, 4.69) is 5.32 Å². The van der Waals surface area contributed by atoms with Crippen LogP contribution in [0.1, 0.15) is 15.9 Å². The molecular weight excluding hydrogens is 454 g/mol. The number of likely N-dealkylation sites (N-methyl/N-ethyl adjacent to an activating group) is 1. The molecule has 2 amide bonds. The molecule has 1 heterocycles. The van der Waals surface area contributed by atoms with Gasteiger partial charge in [-0.15, -0.1) is 0 Å². The van der Waals surface area contributed by atoms with Gasteiger partial charge in [-0.05, 0) is 36.1 Å². The van der Waals surface area contributed by atoms with E-state index in [0.717, 1.165) is 10.8 Å². The zero-order chi connectivity index (χ0) is 24.3. The number of sulfonamides is 1. The Balaban J connectivity index is 1.49. The van der Waals surface area contributed by atoms with Crippen LogP contribution in [0.25, 0.3) is 10.8 Å². The standard InChI is InChI=1S/C25H27N3O5S/c1-18-10-11-20(16-23(18)34(31,32)28-12-14-33-15-13-28)25(30)27(2)17-24(29)26-22-9-5-7-19-6-3-4-8-21(19)22/h3-11,16H,12-15,17H2,1-2H3,(H,26,29). The van der Waals surface area contributed by atoms with Crippen molar-refractivity contribution in [3.05, 3.63) is 71.8 Å². The third-order valence-electron chi connectivity index (χ3n) is 5.81. The number of fused-ring (bicyclic) bond motifs is 1. The third-order valence-corrected chi connectivity index (χ3v) is 7.85. The van der Waals surface area contributed by atoms with E-state index < -0.39 is 15.9 Å². The number of anilines is 1. The minimum atomic E-state index is -3.76. The van der Waals surface area contributed by atoms with Crippen molar-refractivity contribution in [3.63, 3.8) is 0 Å². The van der Waals surface area contributed by atoms with E-state index in [4.69, 9.17) is 4.74 Å². The number of aryl methyl sites for hydroxylation is 1. The Labute approximate surface area is 199 Å². The second kappa shape index (κ2) is 9.92. The van der Waals surface area contributed by atoms with Crippen LogP contribution >= 0.6 is 0 Å². The van der Waals surface area contributed by atoms with Crippen molar-refractivity contribution in [2.45, 2.75) is 11.8 Å². The first kappa shape index (κ1) is 23.9. The van der Waals surface area contributed by atoms with Crippen molar-refractivity contribution >= 4 is 38.3 Å². The van der Waals surface area contributed by atoms with Gasteiger partial charge in [0.2, 0.25) is 15.9 Å². The number of hydrogen-bond acceptors (Lipinski definition) is 5. The van der Waals surface area contributed by atoms with Gasteiger partial charge in [-0.25, -0.2) is 8.42 Å². The van der Waals surface area contributed by atoms with Crippen molar-refractivity contribution in [1.29, 1.82) is 0 Å². The van der Waals surface area contributed by atoms with Gasteiger partial charge in [0, 0.05) is 36.8 Å². The van der Waals surface area contributed by atoms with Gasteiger partial charge in [-0.3, -0.25) is 9.59 Å². The molecule has 1 fully saturated rings. The Bertz CT molecular complexity index is 1330. The Morgan fingerprint density at radius 3 is 2.50 bits per heavy atom. The summed E-state index contributed by atoms with van der Waals surface area (Å²) >= 11 is 0. The molecule has 0 unspecified atom stereocenters. The van der Waals surface area contributed by atoms with Gasteiger partial charge in [0.15, 0.2) is 0 Å². The quantitative estimate of drug-likeness (QED) is 0.584. The largest absolute Gasteiger partial charge is 0.379 e. The molecule has 3 aromatic rings. The minimum Gasteiger partial charge on any atom is -0.379 e. The lowest BCUT2D eigenvalue weighted by Crippen LogP contribution is -2.41. The molecule has 34 heavy (non-hydrogen) atoms. The zero-order valence-electron chi connectivity index (χ0n) is 19.2. The molecule has 1 N–H and O–H groups in total. The van der Waals surface area contributed by atoms with Crippen LogP contribution in [0.2, 0.25) is 0 Å². The molecule has 1 saturated heterocycles. The minimum absolute atomic E-state index is 0.0915. The molecule has 0 atom stereocenters. The maximum atomic E-state index is 13.1. The lowest BCUT2D eigenvalue weighted by molar-refractivity contribution is -0.116. The normalized spacial score (nSPS) is 14.6. The highest BCUT2D eigenvalue weighted by molar-refractivity contribution is 7.89. The highest BCUT2D eigenvalue weighted by Crippen LogP contribution is 2.24. The average Bonchev–Trinajstić information content (AvgIpc) is 2.84. The molecule has 3 aromatic carbocycles. The second-order valence-electron chi connectivity index (χ2n) is 8.23. The molecule has 4 rings (SSSR count). The van der Waals surface area contributed by atoms with Crippen LogP contribution in [0.4, 0.5) is 5.69 Å². The van der Waals surface area contributed by atoms with E-state index in [1.807, 2.05) is 42.5 Å². The molecule has 0 spiro atoms. The van der Waals surface area contributed by atoms with Crippen molar-refractivity contribution in [2.24, 2.45) is 0 Å². The highest BCUT2D eigenvalue weighted by Gasteiger charge is 2.29. The lowest BCUT2D eigenvalue weighted by Gasteiger charge is -2.27. The first-order valence-electron chi connectivity index (χ1n) is 11.0. The van der Waals surface area contributed by atoms with Gasteiger partial charge in [0.25, 0.3) is 5.91 Å². The smallest absolute Gasteiger partial charge is 0.254 e. The van der Waals surface area contributed by atoms with Crippen LogP contribution in [0.3, 0.4) is 0 Å². The number of morpholine rings is 1. The van der Waals surface area contributed by atoms with Crippen molar-refractivity contribution in [2.75, 3.05) is 45.2 Å². The summed E-state index contributed by atoms with van der Waals surface area (Å²) < 4.78 is 32.9. The number of nitrogens with one attached hydrogen (secondary N) is 1. The Hall–Kier alpha value is -3.27. The highest BCUT2D eigenvalue weighted by atomic mass is 32.2. The van der Waals surface area contributed by atoms with Gasteiger partial charge in [-0.2, -0.15) is 4.31 Å². The van der Waals surface area contributed by atoms with Crippen LogP contribution < -0.4 is 5.32 Å². The zero-order valence-corrected chi connectivity index (χ0v) is 20.0. The third kappa shape index (κ3) is 4.96. The maximum Gasteiger partial charge on any atom is 0.254 e. The fraction of sp³-hybridized carbons (Fsp3) is 0.280. The summed E-state index contributed by atoms with van der Waals surface area (Å²) in [5.74, 6) is -0.785. The van der Waals surface area contributed by atoms with Gasteiger partial charge in [0.1, 0.15) is 0 Å². The summed E-state index contributed by atoms with van der Waals surface area (Å²) in [4.78, 5) is 27.1. The molecule has 0 aliphatic carbocycles. The fourth-order valence-electron chi connectivity index (χ4n) is 3.97. The molecular formula is C25H27N3O5S. The van der Waals surface area contributed by atoms with Crippen LogP contribution in [0.15, 0.2) is 65.6 Å². The van der Waals surface area contributed by atoms with Crippen molar-refractivity contribution in [3.8, 4) is 0 Å². The lowest BCUT2D eigenvalue weighted by atomic mass is 10.1. The predicted octanol–water partition coefficient (Wildman–Crippen LogP) is 2.88. The van der Waals surface area contributed by atoms with Gasteiger partial charge >= 0.3 is 0 Å². The molecule has 0 aromatic heterocycles. The second-order valence-corrected chi connectivity index (χ2v) is 10.1. The Morgan fingerprint density at radius 2 is 1.74 bits per heavy atom. The molecule has 0 radical (unpaired) electrons. The first-order valence-corrected chi connectivity index (χ1v) is 12.4. The van der Waals surface area contributed by atoms with Crippen LogP contribution in [0, 0.1) is 6.92 Å². The summed E-state index contributed by atoms with van der Waals surface area (Å²) in [6.07, 6.45) is 0. The Morgan fingerprint density at radius 1 is 1.03 bits per heavy atom. The van der Waals surface area contributed by atoms with Crippen molar-refractivity contribution < 1.29 is 22.7 Å². The summed E-state index contributed by atoms with van der Waals surface area (Å²) in [6, 6.07) is 17.9. The number of rotatable bonds is 6. The molecule has 1 aliphatic rings. The Kier molecular flexibility index (Phi) is 6.97. The van der Waals surface area contributed by atoms with Crippen LogP contribution in [-0.2, 0) is 19.6 Å². The average molecular weight is 482 g/mol. The maximum absolute atomic E-state index is 13.1. The van der Waals surface area contributed by atoms with Gasteiger partial charge in [-0.1, -0.05) is 42.5 Å². The SMILES string of the molecule is Cc1ccc(C(=O)N(C)CC(=O)Nc2cccc3ccccc23)cc1S(=O)(=O)N1CCOCC1. The number of ether oxygens (including phenoxy) is 1. The molecule has 178 valence electrons. The molecule has 0 bridgehead atoms. The van der Waals surface area contributed by atoms with E-state index >= 15 is 0 Å². The topological polar surface area (TPSA) is 96.0 Å². The summed E-state index contributed by atoms with van der Waals surface area (Å²) in [7, 11) is -2.24. The molecule has 1 aliphatic heterocycles. The van der Waals surface area contributed by atoms with Crippen molar-refractivity contribution in [1.82, 2.24) is 9.21 Å². The van der Waals surface area contributed by atoms with E-state index in [9.17, 15) is 18.0 Å². The van der Waals surface area contributed by atoms with E-state index in [1.54, 1.807) is 19.1 Å². The number of benzene rings is 3. The monoisotopic (exact) mass is 481 g/mol. The van der Waals surface area contributed by atoms with E-state index in [-0.39, 0.29) is 36.0 Å². The summed E-state index contributed by atoms with van der Waals surface area (Å²) in [6.45, 7) is 2.74. The van der Waals surface area contributed by atoms with Crippen LogP contribution in [0.5, 0.6) is 0 Å². The van der Waals surface area contributed by atoms with Gasteiger partial charge < -0.3 is 15.0 Å². The van der Waals surface area contributed by atoms with E-state index in [0.29, 0.717) is 24.5 Å². The summed E-state index contributed by atoms with van der Waals surface area (Å²) in [5, 5.41) is 4.77. The number of carbonyl (C=O) groups is 2. The number of carbonyl (C=O) groups excluding carboxylic acids is 2. The van der Waals surface area contributed by atoms with Gasteiger partial charge in [0.05, 0.1) is 24.7 Å². The molecule has 9 heteroatoms. The van der Waals surface area contributed by atoms with Crippen LogP contribution in [-0.4, -0.2) is 69.3 Å². The molecule has 8 nitrogen and oxygen atoms in total.